The molecule has 0 bridgehead atoms. The summed E-state index contributed by atoms with van der Waals surface area (Å²) in [7, 11) is 0. The van der Waals surface area contributed by atoms with Crippen LogP contribution in [0.5, 0.6) is 0 Å². The zero-order chi connectivity index (χ0) is 9.30. The van der Waals surface area contributed by atoms with Crippen molar-refractivity contribution >= 4 is 15.9 Å². The Morgan fingerprint density at radius 1 is 1.58 bits per heavy atom. The Hall–Kier alpha value is -0.710. The molecule has 0 unspecified atom stereocenters. The van der Waals surface area contributed by atoms with Crippen molar-refractivity contribution in [1.29, 1.82) is 0 Å². The second kappa shape index (κ2) is 3.35. The molecule has 66 valence electrons. The third kappa shape index (κ3) is 1.72. The largest absolute Gasteiger partial charge is 0.326 e. The zero-order valence-electron chi connectivity index (χ0n) is 6.20. The molecule has 2 nitrogen and oxygen atoms in total. The van der Waals surface area contributed by atoms with Gasteiger partial charge in [0.2, 0.25) is 0 Å². The van der Waals surface area contributed by atoms with Crippen molar-refractivity contribution in [3.05, 3.63) is 32.2 Å². The normalized spacial score (nSPS) is 10.8. The lowest BCUT2D eigenvalue weighted by molar-refractivity contribution is 0.148. The van der Waals surface area contributed by atoms with Gasteiger partial charge in [-0.2, -0.15) is 0 Å². The van der Waals surface area contributed by atoms with Crippen molar-refractivity contribution in [2.75, 3.05) is 0 Å². The van der Waals surface area contributed by atoms with Crippen molar-refractivity contribution < 1.29 is 8.78 Å². The number of hydrogen-bond donors (Lipinski definition) is 1. The van der Waals surface area contributed by atoms with Gasteiger partial charge < -0.3 is 4.98 Å². The molecule has 1 N–H and O–H groups in total. The molecule has 0 aliphatic heterocycles. The molecule has 0 aliphatic rings. The highest BCUT2D eigenvalue weighted by molar-refractivity contribution is 9.10. The summed E-state index contributed by atoms with van der Waals surface area (Å²) < 4.78 is 24.5. The minimum atomic E-state index is -2.75. The monoisotopic (exact) mass is 237 g/mol. The standard InChI is InChI=1S/C7H6BrF2NO/c1-3-2-4(8)5(6(9)10)7(12)11-3/h2,6H,1H3,(H,11,12). The van der Waals surface area contributed by atoms with Crippen LogP contribution in [-0.2, 0) is 0 Å². The Balaban J connectivity index is 3.39. The van der Waals surface area contributed by atoms with Crippen LogP contribution >= 0.6 is 15.9 Å². The van der Waals surface area contributed by atoms with Crippen LogP contribution < -0.4 is 5.56 Å². The van der Waals surface area contributed by atoms with Crippen molar-refractivity contribution in [2.24, 2.45) is 0 Å². The summed E-state index contributed by atoms with van der Waals surface area (Å²) in [6.45, 7) is 1.63. The second-order valence-electron chi connectivity index (χ2n) is 2.34. The number of aromatic amines is 1. The first-order valence-corrected chi connectivity index (χ1v) is 3.99. The van der Waals surface area contributed by atoms with Crippen molar-refractivity contribution in [3.63, 3.8) is 0 Å². The predicted molar refractivity (Wildman–Crippen MR) is 44.5 cm³/mol. The first-order chi connectivity index (χ1) is 5.52. The summed E-state index contributed by atoms with van der Waals surface area (Å²) in [5.41, 5.74) is -0.700. The summed E-state index contributed by atoms with van der Waals surface area (Å²) in [5, 5.41) is 0. The van der Waals surface area contributed by atoms with E-state index in [9.17, 15) is 13.6 Å². The van der Waals surface area contributed by atoms with Crippen LogP contribution in [0.3, 0.4) is 0 Å². The fraction of sp³-hybridized carbons (Fsp3) is 0.286. The van der Waals surface area contributed by atoms with Crippen LogP contribution in [-0.4, -0.2) is 4.98 Å². The number of aromatic nitrogens is 1. The lowest BCUT2D eigenvalue weighted by Crippen LogP contribution is -2.14. The molecule has 0 radical (unpaired) electrons. The molecule has 1 aromatic heterocycles. The van der Waals surface area contributed by atoms with E-state index in [0.29, 0.717) is 5.69 Å². The number of hydrogen-bond acceptors (Lipinski definition) is 1. The van der Waals surface area contributed by atoms with E-state index in [1.807, 2.05) is 0 Å². The van der Waals surface area contributed by atoms with E-state index in [2.05, 4.69) is 20.9 Å². The number of H-pyrrole nitrogens is 1. The highest BCUT2D eigenvalue weighted by atomic mass is 79.9. The Morgan fingerprint density at radius 2 is 2.17 bits per heavy atom. The summed E-state index contributed by atoms with van der Waals surface area (Å²) in [5.74, 6) is 0. The molecule has 0 fully saturated rings. The predicted octanol–water partition coefficient (Wildman–Crippen LogP) is 2.38. The van der Waals surface area contributed by atoms with Gasteiger partial charge in [-0.3, -0.25) is 4.79 Å². The van der Waals surface area contributed by atoms with E-state index in [0.717, 1.165) is 0 Å². The number of pyridine rings is 1. The SMILES string of the molecule is Cc1cc(Br)c(C(F)F)c(=O)[nH]1. The lowest BCUT2D eigenvalue weighted by atomic mass is 10.2. The van der Waals surface area contributed by atoms with Crippen molar-refractivity contribution in [2.45, 2.75) is 13.3 Å². The quantitative estimate of drug-likeness (QED) is 0.800. The van der Waals surface area contributed by atoms with E-state index in [1.54, 1.807) is 6.92 Å². The van der Waals surface area contributed by atoms with Gasteiger partial charge in [0.15, 0.2) is 0 Å². The number of alkyl halides is 2. The van der Waals surface area contributed by atoms with Gasteiger partial charge in [-0.1, -0.05) is 15.9 Å². The molecule has 12 heavy (non-hydrogen) atoms. The maximum Gasteiger partial charge on any atom is 0.270 e. The smallest absolute Gasteiger partial charge is 0.270 e. The van der Waals surface area contributed by atoms with E-state index >= 15 is 0 Å². The first kappa shape index (κ1) is 9.38. The average molecular weight is 238 g/mol. The fourth-order valence-corrected chi connectivity index (χ4v) is 1.56. The lowest BCUT2D eigenvalue weighted by Gasteiger charge is -2.02. The first-order valence-electron chi connectivity index (χ1n) is 3.20. The van der Waals surface area contributed by atoms with Gasteiger partial charge in [-0.25, -0.2) is 8.78 Å². The van der Waals surface area contributed by atoms with Gasteiger partial charge in [0.25, 0.3) is 12.0 Å². The number of nitrogens with one attached hydrogen (secondary N) is 1. The summed E-state index contributed by atoms with van der Waals surface area (Å²) >= 11 is 2.90. The van der Waals surface area contributed by atoms with Crippen molar-refractivity contribution in [1.82, 2.24) is 4.98 Å². The number of aryl methyl sites for hydroxylation is 1. The minimum Gasteiger partial charge on any atom is -0.326 e. The van der Waals surface area contributed by atoms with Crippen LogP contribution in [0.4, 0.5) is 8.78 Å². The highest BCUT2D eigenvalue weighted by Gasteiger charge is 2.16. The highest BCUT2D eigenvalue weighted by Crippen LogP contribution is 2.23. The zero-order valence-corrected chi connectivity index (χ0v) is 7.78. The molecule has 5 heteroatoms. The molecule has 1 aromatic rings. The molecule has 0 aromatic carbocycles. The molecule has 0 spiro atoms. The van der Waals surface area contributed by atoms with Crippen LogP contribution in [0, 0.1) is 6.92 Å². The van der Waals surface area contributed by atoms with Crippen LogP contribution in [0.2, 0.25) is 0 Å². The minimum absolute atomic E-state index is 0.152. The van der Waals surface area contributed by atoms with Crippen molar-refractivity contribution in [3.8, 4) is 0 Å². The third-order valence-corrected chi connectivity index (χ3v) is 2.03. The van der Waals surface area contributed by atoms with Gasteiger partial charge >= 0.3 is 0 Å². The molecule has 1 rings (SSSR count). The molecular formula is C7H6BrF2NO. The van der Waals surface area contributed by atoms with Gasteiger partial charge in [0.1, 0.15) is 0 Å². The summed E-state index contributed by atoms with van der Waals surface area (Å²) in [6.07, 6.45) is -2.75. The van der Waals surface area contributed by atoms with Gasteiger partial charge in [0.05, 0.1) is 5.56 Å². The van der Waals surface area contributed by atoms with E-state index in [1.165, 1.54) is 6.07 Å². The topological polar surface area (TPSA) is 32.9 Å². The second-order valence-corrected chi connectivity index (χ2v) is 3.20. The van der Waals surface area contributed by atoms with E-state index in [4.69, 9.17) is 0 Å². The van der Waals surface area contributed by atoms with Gasteiger partial charge in [-0.15, -0.1) is 0 Å². The molecule has 1 heterocycles. The molecular weight excluding hydrogens is 232 g/mol. The number of halogens is 3. The maximum atomic E-state index is 12.2. The Morgan fingerprint density at radius 3 is 2.58 bits per heavy atom. The molecule has 0 amide bonds. The Kier molecular flexibility index (Phi) is 2.62. The van der Waals surface area contributed by atoms with Crippen LogP contribution in [0.25, 0.3) is 0 Å². The Bertz CT molecular complexity index is 348. The van der Waals surface area contributed by atoms with E-state index in [-0.39, 0.29) is 4.47 Å². The maximum absolute atomic E-state index is 12.2. The fourth-order valence-electron chi connectivity index (χ4n) is 0.862. The average Bonchev–Trinajstić information content (AvgIpc) is 1.82. The molecule has 0 saturated heterocycles. The van der Waals surface area contributed by atoms with Crippen LogP contribution in [0.1, 0.15) is 17.7 Å². The molecule has 0 atom stereocenters. The molecule has 0 aliphatic carbocycles. The van der Waals surface area contributed by atoms with E-state index < -0.39 is 17.5 Å². The number of rotatable bonds is 1. The summed E-state index contributed by atoms with van der Waals surface area (Å²) in [4.78, 5) is 13.2. The summed E-state index contributed by atoms with van der Waals surface area (Å²) in [6, 6.07) is 1.45. The molecule has 0 saturated carbocycles. The van der Waals surface area contributed by atoms with Gasteiger partial charge in [0, 0.05) is 10.2 Å². The Labute approximate surface area is 75.7 Å². The van der Waals surface area contributed by atoms with Crippen LogP contribution in [0.15, 0.2) is 15.3 Å². The van der Waals surface area contributed by atoms with Gasteiger partial charge in [-0.05, 0) is 13.0 Å². The third-order valence-electron chi connectivity index (χ3n) is 1.37.